The molecule has 1 aliphatic heterocycles. The van der Waals surface area contributed by atoms with Gasteiger partial charge >= 0.3 is 6.09 Å². The second-order valence-corrected chi connectivity index (χ2v) is 8.20. The number of carbonyl (C=O) groups is 3. The SMILES string of the molecule is NC(=O)[C@@H](Cc1cccc2ccccc12)NC(=O)[C@H]1CCCN1C(=O)OCc1ccccc1. The maximum Gasteiger partial charge on any atom is 0.410 e. The number of amides is 3. The van der Waals surface area contributed by atoms with Gasteiger partial charge in [-0.05, 0) is 34.7 Å². The van der Waals surface area contributed by atoms with Gasteiger partial charge in [0.05, 0.1) is 0 Å². The fourth-order valence-corrected chi connectivity index (χ4v) is 4.24. The Morgan fingerprint density at radius 3 is 2.52 bits per heavy atom. The van der Waals surface area contributed by atoms with Crippen LogP contribution in [0.25, 0.3) is 10.8 Å². The lowest BCUT2D eigenvalue weighted by molar-refractivity contribution is -0.130. The molecule has 1 fully saturated rings. The Morgan fingerprint density at radius 2 is 1.73 bits per heavy atom. The summed E-state index contributed by atoms with van der Waals surface area (Å²) >= 11 is 0. The van der Waals surface area contributed by atoms with Crippen molar-refractivity contribution in [2.75, 3.05) is 6.54 Å². The van der Waals surface area contributed by atoms with Gasteiger partial charge < -0.3 is 15.8 Å². The van der Waals surface area contributed by atoms with E-state index in [2.05, 4.69) is 5.32 Å². The monoisotopic (exact) mass is 445 g/mol. The Morgan fingerprint density at radius 1 is 1.00 bits per heavy atom. The first kappa shape index (κ1) is 22.3. The Hall–Kier alpha value is -3.87. The van der Waals surface area contributed by atoms with Gasteiger partial charge in [0.25, 0.3) is 0 Å². The van der Waals surface area contributed by atoms with E-state index < -0.39 is 30.0 Å². The van der Waals surface area contributed by atoms with Crippen molar-refractivity contribution in [3.8, 4) is 0 Å². The Bertz CT molecular complexity index is 1140. The van der Waals surface area contributed by atoms with Crippen LogP contribution in [0.1, 0.15) is 24.0 Å². The van der Waals surface area contributed by atoms with Gasteiger partial charge in [-0.1, -0.05) is 72.8 Å². The van der Waals surface area contributed by atoms with Crippen molar-refractivity contribution in [3.63, 3.8) is 0 Å². The lowest BCUT2D eigenvalue weighted by Crippen LogP contribution is -2.53. The molecular weight excluding hydrogens is 418 g/mol. The smallest absolute Gasteiger partial charge is 0.410 e. The minimum absolute atomic E-state index is 0.134. The van der Waals surface area contributed by atoms with Crippen LogP contribution in [-0.4, -0.2) is 41.4 Å². The minimum atomic E-state index is -0.883. The van der Waals surface area contributed by atoms with Gasteiger partial charge in [0, 0.05) is 13.0 Å². The number of nitrogens with one attached hydrogen (secondary N) is 1. The molecule has 0 spiro atoms. The van der Waals surface area contributed by atoms with Crippen molar-refractivity contribution in [1.29, 1.82) is 0 Å². The molecule has 0 aliphatic carbocycles. The summed E-state index contributed by atoms with van der Waals surface area (Å²) in [5, 5.41) is 4.82. The van der Waals surface area contributed by atoms with Crippen LogP contribution in [0.2, 0.25) is 0 Å². The summed E-state index contributed by atoms with van der Waals surface area (Å²) in [7, 11) is 0. The number of ether oxygens (including phenoxy) is 1. The number of primary amides is 1. The molecule has 0 saturated carbocycles. The molecule has 0 aromatic heterocycles. The third-order valence-electron chi connectivity index (χ3n) is 5.96. The van der Waals surface area contributed by atoms with E-state index in [0.717, 1.165) is 21.9 Å². The molecule has 3 aromatic rings. The molecule has 7 heteroatoms. The molecule has 4 rings (SSSR count). The van der Waals surface area contributed by atoms with Crippen LogP contribution in [-0.2, 0) is 27.4 Å². The average Bonchev–Trinajstić information content (AvgIpc) is 3.33. The van der Waals surface area contributed by atoms with E-state index in [0.29, 0.717) is 19.4 Å². The summed E-state index contributed by atoms with van der Waals surface area (Å²) < 4.78 is 5.40. The summed E-state index contributed by atoms with van der Waals surface area (Å²) in [5.41, 5.74) is 7.41. The van der Waals surface area contributed by atoms with Gasteiger partial charge in [0.15, 0.2) is 0 Å². The fourth-order valence-electron chi connectivity index (χ4n) is 4.24. The number of nitrogens with zero attached hydrogens (tertiary/aromatic N) is 1. The van der Waals surface area contributed by atoms with Crippen molar-refractivity contribution in [1.82, 2.24) is 10.2 Å². The zero-order valence-corrected chi connectivity index (χ0v) is 18.3. The van der Waals surface area contributed by atoms with Crippen molar-refractivity contribution < 1.29 is 19.1 Å². The second kappa shape index (κ2) is 10.2. The van der Waals surface area contributed by atoms with E-state index in [-0.39, 0.29) is 13.0 Å². The maximum absolute atomic E-state index is 13.0. The largest absolute Gasteiger partial charge is 0.445 e. The highest BCUT2D eigenvalue weighted by Gasteiger charge is 2.36. The molecule has 3 aromatic carbocycles. The molecule has 1 aliphatic rings. The number of benzene rings is 3. The van der Waals surface area contributed by atoms with E-state index >= 15 is 0 Å². The quantitative estimate of drug-likeness (QED) is 0.583. The number of carbonyl (C=O) groups excluding carboxylic acids is 3. The van der Waals surface area contributed by atoms with Crippen molar-refractivity contribution in [3.05, 3.63) is 83.9 Å². The topological polar surface area (TPSA) is 102 Å². The Kier molecular flexibility index (Phi) is 6.88. The summed E-state index contributed by atoms with van der Waals surface area (Å²) in [4.78, 5) is 39.2. The summed E-state index contributed by atoms with van der Waals surface area (Å²) in [6.07, 6.45) is 0.920. The molecule has 170 valence electrons. The number of nitrogens with two attached hydrogens (primary N) is 1. The molecule has 1 saturated heterocycles. The third kappa shape index (κ3) is 5.31. The van der Waals surface area contributed by atoms with Gasteiger partial charge in [-0.25, -0.2) is 4.79 Å². The van der Waals surface area contributed by atoms with Gasteiger partial charge in [0.2, 0.25) is 11.8 Å². The molecule has 3 amide bonds. The highest BCUT2D eigenvalue weighted by molar-refractivity contribution is 5.92. The lowest BCUT2D eigenvalue weighted by Gasteiger charge is -2.25. The van der Waals surface area contributed by atoms with Crippen LogP contribution in [0.3, 0.4) is 0 Å². The van der Waals surface area contributed by atoms with E-state index in [1.807, 2.05) is 72.8 Å². The highest BCUT2D eigenvalue weighted by atomic mass is 16.6. The van der Waals surface area contributed by atoms with Crippen LogP contribution in [0, 0.1) is 0 Å². The Balaban J connectivity index is 1.42. The van der Waals surface area contributed by atoms with E-state index in [1.54, 1.807) is 0 Å². The van der Waals surface area contributed by atoms with Crippen LogP contribution in [0.15, 0.2) is 72.8 Å². The van der Waals surface area contributed by atoms with E-state index in [9.17, 15) is 14.4 Å². The van der Waals surface area contributed by atoms with Crippen LogP contribution in [0.4, 0.5) is 4.79 Å². The van der Waals surface area contributed by atoms with Crippen LogP contribution >= 0.6 is 0 Å². The molecule has 0 unspecified atom stereocenters. The molecule has 7 nitrogen and oxygen atoms in total. The predicted octanol–water partition coefficient (Wildman–Crippen LogP) is 3.15. The van der Waals surface area contributed by atoms with Gasteiger partial charge in [0.1, 0.15) is 18.7 Å². The Labute approximate surface area is 192 Å². The summed E-state index contributed by atoms with van der Waals surface area (Å²) in [6.45, 7) is 0.561. The second-order valence-electron chi connectivity index (χ2n) is 8.20. The summed E-state index contributed by atoms with van der Waals surface area (Å²) in [5.74, 6) is -1.01. The predicted molar refractivity (Wildman–Crippen MR) is 125 cm³/mol. The number of likely N-dealkylation sites (tertiary alicyclic amines) is 1. The average molecular weight is 446 g/mol. The molecule has 1 heterocycles. The first-order valence-corrected chi connectivity index (χ1v) is 11.1. The molecule has 0 bridgehead atoms. The van der Waals surface area contributed by atoms with E-state index in [1.165, 1.54) is 4.90 Å². The summed E-state index contributed by atoms with van der Waals surface area (Å²) in [6, 6.07) is 21.5. The first-order valence-electron chi connectivity index (χ1n) is 11.1. The standard InChI is InChI=1S/C26H27N3O4/c27-24(30)22(16-20-12-6-11-19-10-4-5-13-21(19)20)28-25(31)23-14-7-15-29(23)26(32)33-17-18-8-2-1-3-9-18/h1-6,8-13,22-23H,7,14-17H2,(H2,27,30)(H,28,31)/t22-,23-/m1/s1. The van der Waals surface area contributed by atoms with Gasteiger partial charge in [-0.3, -0.25) is 14.5 Å². The van der Waals surface area contributed by atoms with Gasteiger partial charge in [-0.15, -0.1) is 0 Å². The van der Waals surface area contributed by atoms with Crippen molar-refractivity contribution in [2.45, 2.75) is 38.0 Å². The minimum Gasteiger partial charge on any atom is -0.445 e. The fraction of sp³-hybridized carbons (Fsp3) is 0.269. The van der Waals surface area contributed by atoms with E-state index in [4.69, 9.17) is 10.5 Å². The van der Waals surface area contributed by atoms with Gasteiger partial charge in [-0.2, -0.15) is 0 Å². The number of fused-ring (bicyclic) bond motifs is 1. The number of hydrogen-bond donors (Lipinski definition) is 2. The molecule has 3 N–H and O–H groups in total. The van der Waals surface area contributed by atoms with Crippen molar-refractivity contribution >= 4 is 28.7 Å². The normalized spacial score (nSPS) is 16.4. The zero-order chi connectivity index (χ0) is 23.2. The zero-order valence-electron chi connectivity index (χ0n) is 18.3. The molecule has 33 heavy (non-hydrogen) atoms. The third-order valence-corrected chi connectivity index (χ3v) is 5.96. The van der Waals surface area contributed by atoms with Crippen LogP contribution in [0.5, 0.6) is 0 Å². The number of rotatable bonds is 7. The maximum atomic E-state index is 13.0. The van der Waals surface area contributed by atoms with Crippen molar-refractivity contribution in [2.24, 2.45) is 5.73 Å². The van der Waals surface area contributed by atoms with Crippen LogP contribution < -0.4 is 11.1 Å². The molecule has 0 radical (unpaired) electrons. The molecular formula is C26H27N3O4. The molecule has 2 atom stereocenters. The lowest BCUT2D eigenvalue weighted by atomic mass is 9.98. The first-order chi connectivity index (χ1) is 16.0. The highest BCUT2D eigenvalue weighted by Crippen LogP contribution is 2.22. The number of hydrogen-bond acceptors (Lipinski definition) is 4.